The summed E-state index contributed by atoms with van der Waals surface area (Å²) >= 11 is 0. The molecule has 1 unspecified atom stereocenters. The second-order valence-electron chi connectivity index (χ2n) is 5.23. The van der Waals surface area contributed by atoms with E-state index in [-0.39, 0.29) is 12.0 Å². The zero-order valence-corrected chi connectivity index (χ0v) is 11.9. The van der Waals surface area contributed by atoms with Gasteiger partial charge < -0.3 is 4.74 Å². The van der Waals surface area contributed by atoms with Crippen LogP contribution in [0.4, 0.5) is 0 Å². The SMILES string of the molecule is COC(=O)C(c1ccc(CC(C)C)cc1)N(C)C. The second kappa shape index (κ2) is 6.55. The zero-order valence-electron chi connectivity index (χ0n) is 11.9. The molecule has 0 amide bonds. The molecule has 3 nitrogen and oxygen atoms in total. The van der Waals surface area contributed by atoms with Crippen LogP contribution in [0.1, 0.15) is 31.0 Å². The van der Waals surface area contributed by atoms with Gasteiger partial charge in [-0.15, -0.1) is 0 Å². The summed E-state index contributed by atoms with van der Waals surface area (Å²) in [5, 5.41) is 0. The quantitative estimate of drug-likeness (QED) is 0.751. The Bertz CT molecular complexity index is 382. The number of esters is 1. The molecule has 0 radical (unpaired) electrons. The third-order valence-corrected chi connectivity index (χ3v) is 2.88. The Hall–Kier alpha value is -1.35. The summed E-state index contributed by atoms with van der Waals surface area (Å²) in [6.07, 6.45) is 1.06. The summed E-state index contributed by atoms with van der Waals surface area (Å²) in [4.78, 5) is 13.6. The Kier molecular flexibility index (Phi) is 5.35. The molecule has 0 aromatic heterocycles. The van der Waals surface area contributed by atoms with Gasteiger partial charge in [0.1, 0.15) is 6.04 Å². The Labute approximate surface area is 110 Å². The lowest BCUT2D eigenvalue weighted by Gasteiger charge is -2.22. The van der Waals surface area contributed by atoms with E-state index in [2.05, 4.69) is 26.0 Å². The molecule has 0 N–H and O–H groups in total. The summed E-state index contributed by atoms with van der Waals surface area (Å²) in [7, 11) is 5.18. The zero-order chi connectivity index (χ0) is 13.7. The average Bonchev–Trinajstić information content (AvgIpc) is 2.30. The van der Waals surface area contributed by atoms with Gasteiger partial charge in [0, 0.05) is 0 Å². The van der Waals surface area contributed by atoms with Crippen LogP contribution in [0, 0.1) is 5.92 Å². The maximum atomic E-state index is 11.8. The average molecular weight is 249 g/mol. The maximum Gasteiger partial charge on any atom is 0.327 e. The fourth-order valence-corrected chi connectivity index (χ4v) is 2.06. The predicted molar refractivity (Wildman–Crippen MR) is 73.4 cm³/mol. The summed E-state index contributed by atoms with van der Waals surface area (Å²) in [5.41, 5.74) is 2.27. The van der Waals surface area contributed by atoms with Gasteiger partial charge >= 0.3 is 5.97 Å². The maximum absolute atomic E-state index is 11.8. The first kappa shape index (κ1) is 14.7. The number of carbonyl (C=O) groups is 1. The molecule has 0 heterocycles. The molecule has 0 saturated heterocycles. The van der Waals surface area contributed by atoms with Crippen molar-refractivity contribution in [1.29, 1.82) is 0 Å². The summed E-state index contributed by atoms with van der Waals surface area (Å²) in [6, 6.07) is 7.88. The van der Waals surface area contributed by atoms with E-state index in [1.165, 1.54) is 12.7 Å². The number of methoxy groups -OCH3 is 1. The van der Waals surface area contributed by atoms with Crippen LogP contribution in [0.25, 0.3) is 0 Å². The van der Waals surface area contributed by atoms with Crippen LogP contribution in [0.3, 0.4) is 0 Å². The van der Waals surface area contributed by atoms with Crippen LogP contribution < -0.4 is 0 Å². The van der Waals surface area contributed by atoms with Crippen molar-refractivity contribution >= 4 is 5.97 Å². The van der Waals surface area contributed by atoms with Gasteiger partial charge in [-0.3, -0.25) is 4.90 Å². The van der Waals surface area contributed by atoms with Gasteiger partial charge in [-0.1, -0.05) is 38.1 Å². The molecule has 1 aromatic carbocycles. The van der Waals surface area contributed by atoms with Crippen molar-refractivity contribution < 1.29 is 9.53 Å². The van der Waals surface area contributed by atoms with Gasteiger partial charge in [0.25, 0.3) is 0 Å². The number of hydrogen-bond acceptors (Lipinski definition) is 3. The minimum Gasteiger partial charge on any atom is -0.468 e. The van der Waals surface area contributed by atoms with Crippen molar-refractivity contribution in [3.8, 4) is 0 Å². The molecule has 0 aliphatic heterocycles. The van der Waals surface area contributed by atoms with Gasteiger partial charge in [0.15, 0.2) is 0 Å². The first-order chi connectivity index (χ1) is 8.45. The number of benzene rings is 1. The summed E-state index contributed by atoms with van der Waals surface area (Å²) in [6.45, 7) is 4.40. The van der Waals surface area contributed by atoms with Crippen LogP contribution in [-0.2, 0) is 16.0 Å². The van der Waals surface area contributed by atoms with Crippen LogP contribution in [0.2, 0.25) is 0 Å². The third-order valence-electron chi connectivity index (χ3n) is 2.88. The highest BCUT2D eigenvalue weighted by Crippen LogP contribution is 2.21. The van der Waals surface area contributed by atoms with E-state index in [1.807, 2.05) is 31.1 Å². The van der Waals surface area contributed by atoms with Crippen LogP contribution in [0.5, 0.6) is 0 Å². The van der Waals surface area contributed by atoms with Crippen molar-refractivity contribution in [2.45, 2.75) is 26.3 Å². The highest BCUT2D eigenvalue weighted by atomic mass is 16.5. The summed E-state index contributed by atoms with van der Waals surface area (Å²) < 4.78 is 4.84. The van der Waals surface area contributed by atoms with Gasteiger partial charge in [0.05, 0.1) is 7.11 Å². The molecule has 0 aliphatic carbocycles. The molecule has 1 aromatic rings. The molecule has 18 heavy (non-hydrogen) atoms. The number of nitrogens with zero attached hydrogens (tertiary/aromatic N) is 1. The first-order valence-electron chi connectivity index (χ1n) is 6.28. The minimum atomic E-state index is -0.330. The van der Waals surface area contributed by atoms with Crippen LogP contribution in [0.15, 0.2) is 24.3 Å². The van der Waals surface area contributed by atoms with Crippen molar-refractivity contribution in [3.63, 3.8) is 0 Å². The molecular formula is C15H23NO2. The molecule has 0 spiro atoms. The van der Waals surface area contributed by atoms with E-state index in [1.54, 1.807) is 0 Å². The molecule has 0 bridgehead atoms. The van der Waals surface area contributed by atoms with Crippen molar-refractivity contribution in [1.82, 2.24) is 4.90 Å². The van der Waals surface area contributed by atoms with Crippen molar-refractivity contribution in [2.24, 2.45) is 5.92 Å². The van der Waals surface area contributed by atoms with Crippen LogP contribution >= 0.6 is 0 Å². The van der Waals surface area contributed by atoms with E-state index in [9.17, 15) is 4.79 Å². The number of ether oxygens (including phenoxy) is 1. The number of likely N-dealkylation sites (N-methyl/N-ethyl adjacent to an activating group) is 1. The van der Waals surface area contributed by atoms with E-state index in [4.69, 9.17) is 4.74 Å². The first-order valence-corrected chi connectivity index (χ1v) is 6.28. The minimum absolute atomic E-state index is 0.225. The molecule has 0 aliphatic rings. The Balaban J connectivity index is 2.90. The third kappa shape index (κ3) is 3.84. The Morgan fingerprint density at radius 2 is 1.78 bits per heavy atom. The van der Waals surface area contributed by atoms with Gasteiger partial charge in [-0.2, -0.15) is 0 Å². The van der Waals surface area contributed by atoms with E-state index >= 15 is 0 Å². The van der Waals surface area contributed by atoms with E-state index in [0.717, 1.165) is 12.0 Å². The lowest BCUT2D eigenvalue weighted by atomic mass is 9.99. The smallest absolute Gasteiger partial charge is 0.327 e. The summed E-state index contributed by atoms with van der Waals surface area (Å²) in [5.74, 6) is 0.415. The Morgan fingerprint density at radius 3 is 2.17 bits per heavy atom. The van der Waals surface area contributed by atoms with E-state index < -0.39 is 0 Å². The molecule has 100 valence electrons. The largest absolute Gasteiger partial charge is 0.468 e. The predicted octanol–water partition coefficient (Wildman–Crippen LogP) is 2.66. The lowest BCUT2D eigenvalue weighted by molar-refractivity contribution is -0.146. The molecule has 0 saturated carbocycles. The molecule has 3 heteroatoms. The number of carbonyl (C=O) groups excluding carboxylic acids is 1. The molecular weight excluding hydrogens is 226 g/mol. The van der Waals surface area contributed by atoms with Gasteiger partial charge in [-0.25, -0.2) is 4.79 Å². The highest BCUT2D eigenvalue weighted by molar-refractivity contribution is 5.77. The number of rotatable bonds is 5. The fourth-order valence-electron chi connectivity index (χ4n) is 2.06. The molecule has 0 fully saturated rings. The highest BCUT2D eigenvalue weighted by Gasteiger charge is 2.23. The van der Waals surface area contributed by atoms with Crippen molar-refractivity contribution in [3.05, 3.63) is 35.4 Å². The standard InChI is InChI=1S/C15H23NO2/c1-11(2)10-12-6-8-13(9-7-12)14(16(3)4)15(17)18-5/h6-9,11,14H,10H2,1-5H3. The normalized spacial score (nSPS) is 12.8. The van der Waals surface area contributed by atoms with Crippen molar-refractivity contribution in [2.75, 3.05) is 21.2 Å². The fraction of sp³-hybridized carbons (Fsp3) is 0.533. The van der Waals surface area contributed by atoms with Gasteiger partial charge in [-0.05, 0) is 37.6 Å². The molecule has 1 rings (SSSR count). The second-order valence-corrected chi connectivity index (χ2v) is 5.23. The topological polar surface area (TPSA) is 29.5 Å². The van der Waals surface area contributed by atoms with E-state index in [0.29, 0.717) is 5.92 Å². The number of hydrogen-bond donors (Lipinski definition) is 0. The molecule has 1 atom stereocenters. The Morgan fingerprint density at radius 1 is 1.22 bits per heavy atom. The van der Waals surface area contributed by atoms with Crippen LogP contribution in [-0.4, -0.2) is 32.1 Å². The van der Waals surface area contributed by atoms with Gasteiger partial charge in [0.2, 0.25) is 0 Å². The monoisotopic (exact) mass is 249 g/mol. The lowest BCUT2D eigenvalue weighted by Crippen LogP contribution is -2.28.